The monoisotopic (exact) mass is 378 g/mol. The first-order chi connectivity index (χ1) is 5.15. The molecular formula is C7H5FI2O. The van der Waals surface area contributed by atoms with Crippen LogP contribution in [0, 0.1) is 13.0 Å². The zero-order valence-electron chi connectivity index (χ0n) is 5.70. The van der Waals surface area contributed by atoms with E-state index in [1.807, 2.05) is 45.2 Å². The molecule has 0 aliphatic rings. The van der Waals surface area contributed by atoms with Gasteiger partial charge in [0.2, 0.25) is 0 Å². The van der Waals surface area contributed by atoms with Crippen molar-refractivity contribution in [2.45, 2.75) is 0 Å². The minimum atomic E-state index is -0.198. The molecule has 0 radical (unpaired) electrons. The van der Waals surface area contributed by atoms with Crippen LogP contribution in [0.4, 0.5) is 4.39 Å². The van der Waals surface area contributed by atoms with Gasteiger partial charge in [0.05, 0.1) is 14.3 Å². The molecule has 1 rings (SSSR count). The molecule has 0 heterocycles. The van der Waals surface area contributed by atoms with E-state index in [2.05, 4.69) is 0 Å². The van der Waals surface area contributed by atoms with Crippen molar-refractivity contribution >= 4 is 45.2 Å². The molecule has 0 saturated carbocycles. The maximum atomic E-state index is 12.8. The maximum Gasteiger partial charge on any atom is 0.137 e. The van der Waals surface area contributed by atoms with Crippen molar-refractivity contribution < 1.29 is 9.13 Å². The third-order valence-corrected chi connectivity index (χ3v) is 2.86. The fourth-order valence-corrected chi connectivity index (χ4v) is 1.75. The zero-order chi connectivity index (χ0) is 8.43. The standard InChI is InChI=1S/C7H5FI2O/c1-11-7-3-5(9)4(8)2-6(7)10/h2-3H,1H3. The van der Waals surface area contributed by atoms with Crippen LogP contribution in [-0.2, 0) is 0 Å². The molecule has 60 valence electrons. The first-order valence-electron chi connectivity index (χ1n) is 2.83. The zero-order valence-corrected chi connectivity index (χ0v) is 10.0. The van der Waals surface area contributed by atoms with E-state index in [-0.39, 0.29) is 5.82 Å². The molecule has 4 heteroatoms. The van der Waals surface area contributed by atoms with Gasteiger partial charge in [0.25, 0.3) is 0 Å². The fraction of sp³-hybridized carbons (Fsp3) is 0.143. The number of ether oxygens (including phenoxy) is 1. The summed E-state index contributed by atoms with van der Waals surface area (Å²) in [5.41, 5.74) is 0. The van der Waals surface area contributed by atoms with Crippen LogP contribution < -0.4 is 4.74 Å². The highest BCUT2D eigenvalue weighted by Gasteiger charge is 2.05. The van der Waals surface area contributed by atoms with Gasteiger partial charge in [-0.05, 0) is 57.3 Å². The van der Waals surface area contributed by atoms with Crippen molar-refractivity contribution in [2.75, 3.05) is 7.11 Å². The molecule has 0 fully saturated rings. The van der Waals surface area contributed by atoms with Crippen LogP contribution in [0.1, 0.15) is 0 Å². The van der Waals surface area contributed by atoms with Gasteiger partial charge in [0.1, 0.15) is 11.6 Å². The summed E-state index contributed by atoms with van der Waals surface area (Å²) in [5, 5.41) is 0. The number of hydrogen-bond donors (Lipinski definition) is 0. The molecule has 0 aromatic heterocycles. The normalized spacial score (nSPS) is 9.82. The van der Waals surface area contributed by atoms with Gasteiger partial charge in [-0.15, -0.1) is 0 Å². The third kappa shape index (κ3) is 2.17. The van der Waals surface area contributed by atoms with E-state index in [0.717, 1.165) is 9.32 Å². The summed E-state index contributed by atoms with van der Waals surface area (Å²) in [6.45, 7) is 0. The average Bonchev–Trinajstić information content (AvgIpc) is 1.97. The lowest BCUT2D eigenvalue weighted by Crippen LogP contribution is -1.90. The molecule has 0 aliphatic carbocycles. The first kappa shape index (κ1) is 9.50. The van der Waals surface area contributed by atoms with Crippen molar-refractivity contribution in [1.29, 1.82) is 0 Å². The quantitative estimate of drug-likeness (QED) is 0.540. The minimum Gasteiger partial charge on any atom is -0.496 e. The number of halogens is 3. The lowest BCUT2D eigenvalue weighted by atomic mass is 10.3. The summed E-state index contributed by atoms with van der Waals surface area (Å²) < 4.78 is 19.2. The molecule has 0 bridgehead atoms. The van der Waals surface area contributed by atoms with Crippen LogP contribution in [0.2, 0.25) is 0 Å². The van der Waals surface area contributed by atoms with Crippen LogP contribution in [0.25, 0.3) is 0 Å². The highest BCUT2D eigenvalue weighted by atomic mass is 127. The largest absolute Gasteiger partial charge is 0.496 e. The average molecular weight is 378 g/mol. The SMILES string of the molecule is COc1cc(I)c(F)cc1I. The van der Waals surface area contributed by atoms with Gasteiger partial charge in [0, 0.05) is 0 Å². The Hall–Kier alpha value is 0.410. The van der Waals surface area contributed by atoms with Crippen molar-refractivity contribution in [3.63, 3.8) is 0 Å². The summed E-state index contributed by atoms with van der Waals surface area (Å²) >= 11 is 3.97. The Morgan fingerprint density at radius 3 is 2.45 bits per heavy atom. The Balaban J connectivity index is 3.21. The van der Waals surface area contributed by atoms with E-state index in [0.29, 0.717) is 3.57 Å². The van der Waals surface area contributed by atoms with Gasteiger partial charge >= 0.3 is 0 Å². The predicted octanol–water partition coefficient (Wildman–Crippen LogP) is 3.04. The summed E-state index contributed by atoms with van der Waals surface area (Å²) in [4.78, 5) is 0. The van der Waals surface area contributed by atoms with Crippen LogP contribution in [-0.4, -0.2) is 7.11 Å². The molecule has 0 aliphatic heterocycles. The molecule has 0 atom stereocenters. The van der Waals surface area contributed by atoms with Crippen molar-refractivity contribution in [3.05, 3.63) is 25.1 Å². The van der Waals surface area contributed by atoms with Crippen LogP contribution in [0.15, 0.2) is 12.1 Å². The Morgan fingerprint density at radius 1 is 1.27 bits per heavy atom. The smallest absolute Gasteiger partial charge is 0.137 e. The summed E-state index contributed by atoms with van der Waals surface area (Å²) in [5.74, 6) is 0.521. The lowest BCUT2D eigenvalue weighted by molar-refractivity contribution is 0.410. The number of rotatable bonds is 1. The molecule has 0 unspecified atom stereocenters. The number of hydrogen-bond acceptors (Lipinski definition) is 1. The Morgan fingerprint density at radius 2 is 1.91 bits per heavy atom. The third-order valence-electron chi connectivity index (χ3n) is 1.19. The first-order valence-corrected chi connectivity index (χ1v) is 4.99. The van der Waals surface area contributed by atoms with Crippen molar-refractivity contribution in [3.8, 4) is 5.75 Å². The molecule has 1 aromatic carbocycles. The molecule has 1 aromatic rings. The Kier molecular flexibility index (Phi) is 3.35. The topological polar surface area (TPSA) is 9.23 Å². The molecule has 0 N–H and O–H groups in total. The van der Waals surface area contributed by atoms with E-state index in [9.17, 15) is 4.39 Å². The van der Waals surface area contributed by atoms with E-state index in [1.54, 1.807) is 13.2 Å². The van der Waals surface area contributed by atoms with E-state index in [1.165, 1.54) is 6.07 Å². The van der Waals surface area contributed by atoms with Crippen LogP contribution in [0.5, 0.6) is 5.75 Å². The van der Waals surface area contributed by atoms with Gasteiger partial charge < -0.3 is 4.74 Å². The van der Waals surface area contributed by atoms with Gasteiger partial charge in [0.15, 0.2) is 0 Å². The van der Waals surface area contributed by atoms with Crippen LogP contribution in [0.3, 0.4) is 0 Å². The van der Waals surface area contributed by atoms with Crippen molar-refractivity contribution in [1.82, 2.24) is 0 Å². The molecule has 0 spiro atoms. The van der Waals surface area contributed by atoms with Gasteiger partial charge in [-0.2, -0.15) is 0 Å². The highest BCUT2D eigenvalue weighted by molar-refractivity contribution is 14.1. The molecule has 11 heavy (non-hydrogen) atoms. The molecule has 1 nitrogen and oxygen atoms in total. The van der Waals surface area contributed by atoms with Gasteiger partial charge in [-0.25, -0.2) is 4.39 Å². The number of benzene rings is 1. The Labute approximate surface area is 91.6 Å². The molecule has 0 amide bonds. The second kappa shape index (κ2) is 3.88. The van der Waals surface area contributed by atoms with Gasteiger partial charge in [-0.1, -0.05) is 0 Å². The number of methoxy groups -OCH3 is 1. The van der Waals surface area contributed by atoms with Gasteiger partial charge in [-0.3, -0.25) is 0 Å². The minimum absolute atomic E-state index is 0.198. The maximum absolute atomic E-state index is 12.8. The van der Waals surface area contributed by atoms with Crippen LogP contribution >= 0.6 is 45.2 Å². The second-order valence-electron chi connectivity index (χ2n) is 1.90. The van der Waals surface area contributed by atoms with E-state index >= 15 is 0 Å². The summed E-state index contributed by atoms with van der Waals surface area (Å²) in [6.07, 6.45) is 0. The Bertz CT molecular complexity index is 275. The predicted molar refractivity (Wildman–Crippen MR) is 58.4 cm³/mol. The van der Waals surface area contributed by atoms with E-state index in [4.69, 9.17) is 4.74 Å². The second-order valence-corrected chi connectivity index (χ2v) is 4.23. The summed E-state index contributed by atoms with van der Waals surface area (Å²) in [7, 11) is 1.57. The molecule has 0 saturated heterocycles. The highest BCUT2D eigenvalue weighted by Crippen LogP contribution is 2.24. The molecular weight excluding hydrogens is 373 g/mol. The lowest BCUT2D eigenvalue weighted by Gasteiger charge is -2.03. The fourth-order valence-electron chi connectivity index (χ4n) is 0.661. The summed E-state index contributed by atoms with van der Waals surface area (Å²) in [6, 6.07) is 3.14. The van der Waals surface area contributed by atoms with E-state index < -0.39 is 0 Å². The van der Waals surface area contributed by atoms with Crippen molar-refractivity contribution in [2.24, 2.45) is 0 Å².